The molecule has 0 heterocycles. The van der Waals surface area contributed by atoms with Gasteiger partial charge in [0.1, 0.15) is 0 Å². The average molecular weight is 312 g/mol. The Morgan fingerprint density at radius 2 is 0.917 bits per heavy atom. The summed E-state index contributed by atoms with van der Waals surface area (Å²) in [5.41, 5.74) is 6.51. The molecule has 3 aromatic rings. The number of hydrogen-bond donors (Lipinski definition) is 0. The van der Waals surface area contributed by atoms with Gasteiger partial charge in [-0.15, -0.1) is 0 Å². The lowest BCUT2D eigenvalue weighted by atomic mass is 10.1. The minimum absolute atomic E-state index is 1.00. The standard InChI is InChI=1S/C22H20N2/c1-17-7-3-5-9-21(17)23-15-19-11-13-20(14-12-19)16-24-22-10-6-4-8-18(22)2/h3-16H,1-2H3. The molecule has 0 amide bonds. The predicted molar refractivity (Wildman–Crippen MR) is 103 cm³/mol. The lowest BCUT2D eigenvalue weighted by Gasteiger charge is -2.00. The summed E-state index contributed by atoms with van der Waals surface area (Å²) >= 11 is 0. The molecule has 3 aromatic carbocycles. The van der Waals surface area contributed by atoms with Gasteiger partial charge in [0.2, 0.25) is 0 Å². The van der Waals surface area contributed by atoms with Crippen molar-refractivity contribution in [3.63, 3.8) is 0 Å². The average Bonchev–Trinajstić information content (AvgIpc) is 2.61. The second kappa shape index (κ2) is 7.51. The molecule has 0 radical (unpaired) electrons. The van der Waals surface area contributed by atoms with E-state index < -0.39 is 0 Å². The molecule has 0 aromatic heterocycles. The van der Waals surface area contributed by atoms with Crippen molar-refractivity contribution < 1.29 is 0 Å². The van der Waals surface area contributed by atoms with E-state index in [1.165, 1.54) is 11.1 Å². The van der Waals surface area contributed by atoms with Crippen molar-refractivity contribution in [2.75, 3.05) is 0 Å². The molecule has 0 fully saturated rings. The summed E-state index contributed by atoms with van der Waals surface area (Å²) in [6, 6.07) is 24.5. The summed E-state index contributed by atoms with van der Waals surface area (Å²) in [5, 5.41) is 0. The van der Waals surface area contributed by atoms with Crippen LogP contribution in [-0.2, 0) is 0 Å². The van der Waals surface area contributed by atoms with Gasteiger partial charge in [-0.3, -0.25) is 9.98 Å². The Labute approximate surface area is 143 Å². The van der Waals surface area contributed by atoms with Gasteiger partial charge in [-0.2, -0.15) is 0 Å². The van der Waals surface area contributed by atoms with Crippen LogP contribution in [0.5, 0.6) is 0 Å². The Balaban J connectivity index is 1.72. The number of rotatable bonds is 4. The Bertz CT molecular complexity index is 800. The molecule has 0 saturated carbocycles. The van der Waals surface area contributed by atoms with Crippen LogP contribution in [-0.4, -0.2) is 12.4 Å². The molecule has 0 aliphatic carbocycles. The molecule has 0 spiro atoms. The maximum atomic E-state index is 4.55. The van der Waals surface area contributed by atoms with Gasteiger partial charge in [0, 0.05) is 12.4 Å². The van der Waals surface area contributed by atoms with Crippen LogP contribution in [0, 0.1) is 13.8 Å². The minimum Gasteiger partial charge on any atom is -0.256 e. The van der Waals surface area contributed by atoms with E-state index >= 15 is 0 Å². The lowest BCUT2D eigenvalue weighted by Crippen LogP contribution is -1.85. The van der Waals surface area contributed by atoms with E-state index in [4.69, 9.17) is 0 Å². The lowest BCUT2D eigenvalue weighted by molar-refractivity contribution is 1.40. The number of nitrogens with zero attached hydrogens (tertiary/aromatic N) is 2. The number of benzene rings is 3. The predicted octanol–water partition coefficient (Wildman–Crippen LogP) is 5.80. The van der Waals surface area contributed by atoms with Crippen LogP contribution in [0.4, 0.5) is 11.4 Å². The van der Waals surface area contributed by atoms with Crippen molar-refractivity contribution in [1.29, 1.82) is 0 Å². The molecule has 0 unspecified atom stereocenters. The highest BCUT2D eigenvalue weighted by Gasteiger charge is 1.95. The summed E-state index contributed by atoms with van der Waals surface area (Å²) in [6.07, 6.45) is 3.79. The van der Waals surface area contributed by atoms with Gasteiger partial charge in [-0.1, -0.05) is 60.7 Å². The van der Waals surface area contributed by atoms with Gasteiger partial charge in [0.25, 0.3) is 0 Å². The van der Waals surface area contributed by atoms with E-state index in [-0.39, 0.29) is 0 Å². The summed E-state index contributed by atoms with van der Waals surface area (Å²) in [5.74, 6) is 0. The molecule has 3 rings (SSSR count). The fraction of sp³-hybridized carbons (Fsp3) is 0.0909. The van der Waals surface area contributed by atoms with E-state index in [0.717, 1.165) is 22.5 Å². The van der Waals surface area contributed by atoms with Gasteiger partial charge in [-0.25, -0.2) is 0 Å². The molecule has 0 atom stereocenters. The van der Waals surface area contributed by atoms with Gasteiger partial charge in [0.15, 0.2) is 0 Å². The van der Waals surface area contributed by atoms with Gasteiger partial charge < -0.3 is 0 Å². The van der Waals surface area contributed by atoms with Crippen molar-refractivity contribution in [2.24, 2.45) is 9.98 Å². The SMILES string of the molecule is Cc1ccccc1N=Cc1ccc(C=Nc2ccccc2C)cc1. The second-order valence-corrected chi connectivity index (χ2v) is 5.76. The Hall–Kier alpha value is -3.00. The van der Waals surface area contributed by atoms with Crippen molar-refractivity contribution in [3.05, 3.63) is 95.1 Å². The Morgan fingerprint density at radius 1 is 0.542 bits per heavy atom. The zero-order valence-corrected chi connectivity index (χ0v) is 14.0. The highest BCUT2D eigenvalue weighted by Crippen LogP contribution is 2.18. The smallest absolute Gasteiger partial charge is 0.0659 e. The quantitative estimate of drug-likeness (QED) is 0.544. The molecule has 0 N–H and O–H groups in total. The molecule has 2 nitrogen and oxygen atoms in total. The zero-order chi connectivity index (χ0) is 16.8. The molecular formula is C22H20N2. The van der Waals surface area contributed by atoms with Gasteiger partial charge in [0.05, 0.1) is 11.4 Å². The summed E-state index contributed by atoms with van der Waals surface area (Å²) < 4.78 is 0. The number of aryl methyl sites for hydroxylation is 2. The summed E-state index contributed by atoms with van der Waals surface area (Å²) in [7, 11) is 0. The fourth-order valence-corrected chi connectivity index (χ4v) is 2.37. The first-order valence-corrected chi connectivity index (χ1v) is 8.02. The normalized spacial score (nSPS) is 11.4. The van der Waals surface area contributed by atoms with Crippen molar-refractivity contribution in [2.45, 2.75) is 13.8 Å². The fourth-order valence-electron chi connectivity index (χ4n) is 2.37. The van der Waals surface area contributed by atoms with Crippen LogP contribution >= 0.6 is 0 Å². The molecule has 0 bridgehead atoms. The second-order valence-electron chi connectivity index (χ2n) is 5.76. The van der Waals surface area contributed by atoms with Crippen LogP contribution in [0.2, 0.25) is 0 Å². The summed E-state index contributed by atoms with van der Waals surface area (Å²) in [6.45, 7) is 4.13. The third kappa shape index (κ3) is 4.05. The van der Waals surface area contributed by atoms with Crippen molar-refractivity contribution in [1.82, 2.24) is 0 Å². The molecule has 24 heavy (non-hydrogen) atoms. The molecule has 0 aliphatic heterocycles. The van der Waals surface area contributed by atoms with Crippen LogP contribution in [0.1, 0.15) is 22.3 Å². The summed E-state index contributed by atoms with van der Waals surface area (Å²) in [4.78, 5) is 9.10. The molecule has 0 aliphatic rings. The Kier molecular flexibility index (Phi) is 4.97. The van der Waals surface area contributed by atoms with Crippen LogP contribution < -0.4 is 0 Å². The largest absolute Gasteiger partial charge is 0.256 e. The van der Waals surface area contributed by atoms with Crippen LogP contribution in [0.3, 0.4) is 0 Å². The van der Waals surface area contributed by atoms with Crippen LogP contribution in [0.25, 0.3) is 0 Å². The highest BCUT2D eigenvalue weighted by molar-refractivity contribution is 5.86. The van der Waals surface area contributed by atoms with Gasteiger partial charge in [-0.05, 0) is 48.2 Å². The minimum atomic E-state index is 1.00. The highest BCUT2D eigenvalue weighted by atomic mass is 14.7. The third-order valence-corrected chi connectivity index (χ3v) is 3.87. The number of para-hydroxylation sites is 2. The number of aliphatic imine (C=N–C) groups is 2. The molecule has 118 valence electrons. The molecular weight excluding hydrogens is 292 g/mol. The monoisotopic (exact) mass is 312 g/mol. The van der Waals surface area contributed by atoms with Gasteiger partial charge >= 0.3 is 0 Å². The maximum absolute atomic E-state index is 4.55. The van der Waals surface area contributed by atoms with E-state index in [1.807, 2.05) is 48.8 Å². The third-order valence-electron chi connectivity index (χ3n) is 3.87. The van der Waals surface area contributed by atoms with E-state index in [0.29, 0.717) is 0 Å². The van der Waals surface area contributed by atoms with Crippen molar-refractivity contribution in [3.8, 4) is 0 Å². The molecule has 2 heteroatoms. The van der Waals surface area contributed by atoms with E-state index in [1.54, 1.807) is 0 Å². The van der Waals surface area contributed by atoms with Crippen LogP contribution in [0.15, 0.2) is 82.8 Å². The first-order valence-electron chi connectivity index (χ1n) is 8.02. The number of hydrogen-bond acceptors (Lipinski definition) is 2. The zero-order valence-electron chi connectivity index (χ0n) is 14.0. The first-order chi connectivity index (χ1) is 11.7. The van der Waals surface area contributed by atoms with Crippen molar-refractivity contribution >= 4 is 23.8 Å². The van der Waals surface area contributed by atoms with E-state index in [9.17, 15) is 0 Å². The topological polar surface area (TPSA) is 24.7 Å². The molecule has 0 saturated heterocycles. The first kappa shape index (κ1) is 15.9. The van der Waals surface area contributed by atoms with E-state index in [2.05, 4.69) is 60.2 Å². The maximum Gasteiger partial charge on any atom is 0.0659 e. The Morgan fingerprint density at radius 3 is 1.29 bits per heavy atom.